The summed E-state index contributed by atoms with van der Waals surface area (Å²) in [5, 5.41) is 0. The smallest absolute Gasteiger partial charge is 0.332 e. The fraction of sp³-hybridized carbons (Fsp3) is 0.545. The van der Waals surface area contributed by atoms with E-state index in [1.54, 1.807) is 20.8 Å². The van der Waals surface area contributed by atoms with Crippen molar-refractivity contribution < 1.29 is 27.5 Å². The fourth-order valence-electron chi connectivity index (χ4n) is 3.51. The number of rotatable bonds is 13. The highest BCUT2D eigenvalue weighted by Crippen LogP contribution is 2.17. The molecule has 0 aliphatic heterocycles. The van der Waals surface area contributed by atoms with E-state index in [9.17, 15) is 18.0 Å². The molecule has 45 heavy (non-hydrogen) atoms. The molecular formula is C33H52N4O6S2. The summed E-state index contributed by atoms with van der Waals surface area (Å²) in [4.78, 5) is 28.9. The lowest BCUT2D eigenvalue weighted by Gasteiger charge is -2.25. The van der Waals surface area contributed by atoms with Crippen LogP contribution in [0.4, 0.5) is 0 Å². The zero-order valence-electron chi connectivity index (χ0n) is 28.3. The first-order valence-electron chi connectivity index (χ1n) is 15.1. The van der Waals surface area contributed by atoms with E-state index in [0.29, 0.717) is 12.3 Å². The van der Waals surface area contributed by atoms with Gasteiger partial charge in [0.25, 0.3) is 0 Å². The van der Waals surface area contributed by atoms with E-state index in [-0.39, 0.29) is 17.4 Å². The van der Waals surface area contributed by atoms with E-state index in [1.165, 1.54) is 0 Å². The molecule has 0 heterocycles. The van der Waals surface area contributed by atoms with Crippen LogP contribution in [0.25, 0.3) is 0 Å². The van der Waals surface area contributed by atoms with Crippen LogP contribution in [0.1, 0.15) is 80.4 Å². The Morgan fingerprint density at radius 1 is 0.733 bits per heavy atom. The molecule has 0 aromatic heterocycles. The van der Waals surface area contributed by atoms with E-state index < -0.39 is 56.8 Å². The van der Waals surface area contributed by atoms with Gasteiger partial charge in [-0.25, -0.2) is 22.7 Å². The maximum Gasteiger partial charge on any atom is 0.332 e. The normalized spacial score (nSPS) is 15.6. The first-order valence-corrected chi connectivity index (χ1v) is 17.4. The van der Waals surface area contributed by atoms with Gasteiger partial charge in [0.05, 0.1) is 50.4 Å². The first-order chi connectivity index (χ1) is 20.9. The Morgan fingerprint density at radius 2 is 1.11 bits per heavy atom. The molecule has 0 amide bonds. The third-order valence-electron chi connectivity index (χ3n) is 6.16. The third-order valence-corrected chi connectivity index (χ3v) is 9.56. The van der Waals surface area contributed by atoms with Gasteiger partial charge in [0.2, 0.25) is 0 Å². The Kier molecular flexibility index (Phi) is 17.0. The van der Waals surface area contributed by atoms with E-state index >= 15 is 0 Å². The lowest BCUT2D eigenvalue weighted by atomic mass is 10.0. The van der Waals surface area contributed by atoms with E-state index in [4.69, 9.17) is 20.2 Å². The Labute approximate surface area is 274 Å². The molecule has 2 rings (SSSR count). The Morgan fingerprint density at radius 3 is 1.49 bits per heavy atom. The van der Waals surface area contributed by atoms with Crippen LogP contribution in [0.3, 0.4) is 0 Å². The number of nitrogens with zero attached hydrogens (tertiary/aromatic N) is 1. The maximum absolute atomic E-state index is 12.7. The van der Waals surface area contributed by atoms with Crippen LogP contribution in [-0.2, 0) is 41.0 Å². The van der Waals surface area contributed by atoms with Crippen molar-refractivity contribution in [2.75, 3.05) is 13.2 Å². The average molecular weight is 665 g/mol. The van der Waals surface area contributed by atoms with Gasteiger partial charge >= 0.3 is 11.9 Å². The van der Waals surface area contributed by atoms with Crippen LogP contribution in [0.5, 0.6) is 0 Å². The van der Waals surface area contributed by atoms with Crippen LogP contribution in [0, 0.1) is 0 Å². The molecule has 0 saturated heterocycles. The van der Waals surface area contributed by atoms with Gasteiger partial charge in [0.15, 0.2) is 6.04 Å². The summed E-state index contributed by atoms with van der Waals surface area (Å²) in [7, 11) is -2.59. The van der Waals surface area contributed by atoms with Crippen LogP contribution < -0.4 is 15.2 Å². The van der Waals surface area contributed by atoms with Crippen molar-refractivity contribution in [3.8, 4) is 0 Å². The number of nitrogens with two attached hydrogens (primary N) is 1. The molecule has 2 unspecified atom stereocenters. The molecule has 252 valence electrons. The first kappa shape index (κ1) is 40.3. The number of benzene rings is 2. The average Bonchev–Trinajstić information content (AvgIpc) is 2.97. The quantitative estimate of drug-likeness (QED) is 0.215. The SMILES string of the molecule is CCOC(=O)[C@@H](N)[C@H](C)NS(=O)C(C)(C)C.CCOC(=O)[C@@H](N=C(c1ccccc1)c1ccccc1)[C@H](C)NS(=O)C(C)(C)C. The number of esters is 2. The lowest BCUT2D eigenvalue weighted by Crippen LogP contribution is -2.51. The second kappa shape index (κ2) is 19.0. The van der Waals surface area contributed by atoms with Crippen molar-refractivity contribution >= 4 is 39.6 Å². The molecule has 6 atom stereocenters. The number of nitrogens with one attached hydrogen (secondary N) is 2. The topological polar surface area (TPSA) is 149 Å². The molecule has 0 spiro atoms. The molecule has 0 fully saturated rings. The second-order valence-electron chi connectivity index (χ2n) is 12.3. The molecule has 2 aromatic carbocycles. The molecule has 10 nitrogen and oxygen atoms in total. The number of aliphatic imine (C=N–C) groups is 1. The Balaban J connectivity index is 0.000000538. The number of hydrogen-bond donors (Lipinski definition) is 3. The Hall–Kier alpha value is -2.77. The molecule has 0 radical (unpaired) electrons. The summed E-state index contributed by atoms with van der Waals surface area (Å²) >= 11 is 0. The van der Waals surface area contributed by atoms with Crippen LogP contribution >= 0.6 is 0 Å². The summed E-state index contributed by atoms with van der Waals surface area (Å²) in [5.74, 6) is -0.920. The van der Waals surface area contributed by atoms with Crippen molar-refractivity contribution in [2.45, 2.75) is 103 Å². The zero-order valence-corrected chi connectivity index (χ0v) is 29.9. The van der Waals surface area contributed by atoms with E-state index in [0.717, 1.165) is 11.1 Å². The highest BCUT2D eigenvalue weighted by Gasteiger charge is 2.31. The largest absolute Gasteiger partial charge is 0.465 e. The van der Waals surface area contributed by atoms with Crippen molar-refractivity contribution in [1.29, 1.82) is 0 Å². The summed E-state index contributed by atoms with van der Waals surface area (Å²) < 4.78 is 39.4. The van der Waals surface area contributed by atoms with Crippen molar-refractivity contribution in [3.05, 3.63) is 71.8 Å². The van der Waals surface area contributed by atoms with Gasteiger partial charge in [0, 0.05) is 23.2 Å². The molecular weight excluding hydrogens is 613 g/mol. The minimum atomic E-state index is -1.34. The molecule has 0 saturated carbocycles. The van der Waals surface area contributed by atoms with Crippen molar-refractivity contribution in [2.24, 2.45) is 10.7 Å². The van der Waals surface area contributed by atoms with E-state index in [2.05, 4.69) is 9.44 Å². The number of carbonyl (C=O) groups is 2. The Bertz CT molecular complexity index is 1240. The molecule has 4 N–H and O–H groups in total. The van der Waals surface area contributed by atoms with Crippen molar-refractivity contribution in [3.63, 3.8) is 0 Å². The minimum absolute atomic E-state index is 0.256. The van der Waals surface area contributed by atoms with E-state index in [1.807, 2.05) is 109 Å². The monoisotopic (exact) mass is 664 g/mol. The van der Waals surface area contributed by atoms with Crippen LogP contribution in [0.2, 0.25) is 0 Å². The van der Waals surface area contributed by atoms with Gasteiger partial charge < -0.3 is 15.2 Å². The molecule has 0 bridgehead atoms. The summed E-state index contributed by atoms with van der Waals surface area (Å²) in [6.07, 6.45) is 0. The van der Waals surface area contributed by atoms with Crippen LogP contribution in [0.15, 0.2) is 65.7 Å². The maximum atomic E-state index is 12.7. The summed E-state index contributed by atoms with van der Waals surface area (Å²) in [5.41, 5.74) is 8.16. The van der Waals surface area contributed by atoms with Gasteiger partial charge in [-0.2, -0.15) is 0 Å². The highest BCUT2D eigenvalue weighted by molar-refractivity contribution is 7.84. The lowest BCUT2D eigenvalue weighted by molar-refractivity contribution is -0.146. The summed E-state index contributed by atoms with van der Waals surface area (Å²) in [6, 6.07) is 16.9. The van der Waals surface area contributed by atoms with Gasteiger partial charge in [-0.15, -0.1) is 0 Å². The van der Waals surface area contributed by atoms with Crippen molar-refractivity contribution in [1.82, 2.24) is 9.44 Å². The number of carbonyl (C=O) groups excluding carboxylic acids is 2. The standard InChI is InChI=1S/C23H30N2O3S.C10H22N2O3S/c1-6-28-22(26)20(17(2)25-29(27)23(3,4)5)24-21(18-13-9-7-10-14-18)19-15-11-8-12-16-19;1-6-15-9(13)8(11)7(2)12-16(14)10(3,4)5/h7-17,20,25H,6H2,1-5H3;7-8,12H,6,11H2,1-5H3/t17-,20-,29?;7-,8-,16?/m00/s1. The van der Waals surface area contributed by atoms with Gasteiger partial charge in [-0.3, -0.25) is 9.79 Å². The predicted molar refractivity (Wildman–Crippen MR) is 185 cm³/mol. The molecule has 2 aromatic rings. The fourth-order valence-corrected chi connectivity index (χ4v) is 5.17. The van der Waals surface area contributed by atoms with Gasteiger partial charge in [0.1, 0.15) is 6.04 Å². The number of ether oxygens (including phenoxy) is 2. The highest BCUT2D eigenvalue weighted by atomic mass is 32.2. The number of hydrogen-bond acceptors (Lipinski definition) is 8. The predicted octanol–water partition coefficient (Wildman–Crippen LogP) is 4.21. The molecule has 12 heteroatoms. The zero-order chi connectivity index (χ0) is 34.4. The second-order valence-corrected chi connectivity index (χ2v) is 16.3. The molecule has 0 aliphatic rings. The van der Waals surface area contributed by atoms with Gasteiger partial charge in [-0.1, -0.05) is 60.7 Å². The minimum Gasteiger partial charge on any atom is -0.465 e. The third kappa shape index (κ3) is 14.0. The van der Waals surface area contributed by atoms with Gasteiger partial charge in [-0.05, 0) is 69.2 Å². The van der Waals surface area contributed by atoms with Crippen LogP contribution in [-0.4, -0.2) is 72.9 Å². The summed E-state index contributed by atoms with van der Waals surface area (Å²) in [6.45, 7) is 18.7. The molecule has 0 aliphatic carbocycles.